The highest BCUT2D eigenvalue weighted by atomic mass is 16.6. The average Bonchev–Trinajstić information content (AvgIpc) is 2.54. The molecule has 4 heteroatoms. The van der Waals surface area contributed by atoms with Gasteiger partial charge in [-0.15, -0.1) is 0 Å². The summed E-state index contributed by atoms with van der Waals surface area (Å²) < 4.78 is 17.3. The highest BCUT2D eigenvalue weighted by Crippen LogP contribution is 2.34. The molecule has 0 N–H and O–H groups in total. The quantitative estimate of drug-likeness (QED) is 0.701. The minimum Gasteiger partial charge on any atom is -0.460 e. The van der Waals surface area contributed by atoms with Gasteiger partial charge >= 0.3 is 5.97 Å². The lowest BCUT2D eigenvalue weighted by Gasteiger charge is -2.24. The average molecular weight is 300 g/mol. The Labute approximate surface area is 129 Å². The van der Waals surface area contributed by atoms with Gasteiger partial charge in [0, 0.05) is 6.42 Å². The van der Waals surface area contributed by atoms with Crippen LogP contribution in [-0.4, -0.2) is 36.0 Å². The van der Waals surface area contributed by atoms with E-state index in [2.05, 4.69) is 0 Å². The third-order valence-electron chi connectivity index (χ3n) is 3.32. The van der Waals surface area contributed by atoms with Crippen molar-refractivity contribution < 1.29 is 19.0 Å². The summed E-state index contributed by atoms with van der Waals surface area (Å²) in [5.74, 6) is 0.161. The van der Waals surface area contributed by atoms with E-state index >= 15 is 0 Å². The number of hydrogen-bond acceptors (Lipinski definition) is 4. The summed E-state index contributed by atoms with van der Waals surface area (Å²) in [5, 5.41) is 0. The zero-order chi connectivity index (χ0) is 16.2. The Morgan fingerprint density at radius 3 is 1.76 bits per heavy atom. The maximum absolute atomic E-state index is 12.0. The van der Waals surface area contributed by atoms with Crippen LogP contribution in [0.2, 0.25) is 0 Å². The number of carbonyl (C=O) groups excluding carboxylic acids is 1. The second-order valence-corrected chi connectivity index (χ2v) is 7.57. The summed E-state index contributed by atoms with van der Waals surface area (Å²) in [4.78, 5) is 12.0. The van der Waals surface area contributed by atoms with Crippen LogP contribution in [0, 0.1) is 5.92 Å². The Hall–Kier alpha value is -0.610. The van der Waals surface area contributed by atoms with Gasteiger partial charge in [-0.05, 0) is 67.2 Å². The van der Waals surface area contributed by atoms with Gasteiger partial charge in [-0.1, -0.05) is 0 Å². The second-order valence-electron chi connectivity index (χ2n) is 7.57. The SMILES string of the molecule is CC(C)O[C@H]1CC(CC(=O)OC(C)(C)C)C[C@H]1OC(C)C. The fourth-order valence-electron chi connectivity index (χ4n) is 2.83. The van der Waals surface area contributed by atoms with E-state index in [-0.39, 0.29) is 36.3 Å². The molecule has 1 aliphatic rings. The highest BCUT2D eigenvalue weighted by Gasteiger charge is 2.38. The van der Waals surface area contributed by atoms with E-state index in [1.807, 2.05) is 48.5 Å². The molecule has 1 aliphatic carbocycles. The van der Waals surface area contributed by atoms with E-state index < -0.39 is 5.60 Å². The van der Waals surface area contributed by atoms with E-state index in [4.69, 9.17) is 14.2 Å². The normalized spacial score (nSPS) is 26.6. The maximum atomic E-state index is 12.0. The van der Waals surface area contributed by atoms with Gasteiger partial charge in [0.25, 0.3) is 0 Å². The maximum Gasteiger partial charge on any atom is 0.306 e. The summed E-state index contributed by atoms with van der Waals surface area (Å²) in [7, 11) is 0. The van der Waals surface area contributed by atoms with Gasteiger partial charge < -0.3 is 14.2 Å². The minimum atomic E-state index is -0.419. The zero-order valence-electron chi connectivity index (χ0n) is 14.6. The Bertz CT molecular complexity index is 312. The molecule has 4 nitrogen and oxygen atoms in total. The van der Waals surface area contributed by atoms with Crippen molar-refractivity contribution in [1.29, 1.82) is 0 Å². The topological polar surface area (TPSA) is 44.8 Å². The first kappa shape index (κ1) is 18.4. The van der Waals surface area contributed by atoms with E-state index in [9.17, 15) is 4.79 Å². The fourth-order valence-corrected chi connectivity index (χ4v) is 2.83. The number of esters is 1. The zero-order valence-corrected chi connectivity index (χ0v) is 14.6. The summed E-state index contributed by atoms with van der Waals surface area (Å²) in [6.07, 6.45) is 2.71. The standard InChI is InChI=1S/C17H32O4/c1-11(2)19-14-8-13(9-15(14)20-12(3)4)10-16(18)21-17(5,6)7/h11-15H,8-10H2,1-7H3/t13?,14-,15+. The molecule has 21 heavy (non-hydrogen) atoms. The molecule has 0 aromatic heterocycles. The molecule has 1 saturated carbocycles. The van der Waals surface area contributed by atoms with E-state index in [1.54, 1.807) is 0 Å². The van der Waals surface area contributed by atoms with Crippen LogP contribution in [0.3, 0.4) is 0 Å². The number of rotatable bonds is 6. The molecule has 0 heterocycles. The molecule has 1 rings (SSSR count). The third kappa shape index (κ3) is 7.28. The van der Waals surface area contributed by atoms with E-state index in [0.29, 0.717) is 6.42 Å². The minimum absolute atomic E-state index is 0.0832. The molecule has 3 atom stereocenters. The van der Waals surface area contributed by atoms with Gasteiger partial charge in [-0.25, -0.2) is 0 Å². The molecule has 0 aromatic carbocycles. The van der Waals surface area contributed by atoms with Crippen molar-refractivity contribution in [3.8, 4) is 0 Å². The molecule has 0 radical (unpaired) electrons. The predicted molar refractivity (Wildman–Crippen MR) is 83.2 cm³/mol. The second kappa shape index (κ2) is 7.59. The lowest BCUT2D eigenvalue weighted by atomic mass is 10.0. The van der Waals surface area contributed by atoms with Crippen molar-refractivity contribution >= 4 is 5.97 Å². The van der Waals surface area contributed by atoms with Gasteiger partial charge in [0.2, 0.25) is 0 Å². The van der Waals surface area contributed by atoms with Crippen molar-refractivity contribution in [3.63, 3.8) is 0 Å². The van der Waals surface area contributed by atoms with Crippen molar-refractivity contribution in [1.82, 2.24) is 0 Å². The summed E-state index contributed by atoms with van der Waals surface area (Å²) in [5.41, 5.74) is -0.419. The Kier molecular flexibility index (Phi) is 6.67. The molecule has 0 bridgehead atoms. The van der Waals surface area contributed by atoms with Crippen LogP contribution >= 0.6 is 0 Å². The highest BCUT2D eigenvalue weighted by molar-refractivity contribution is 5.70. The van der Waals surface area contributed by atoms with Crippen molar-refractivity contribution in [3.05, 3.63) is 0 Å². The molecule has 0 aromatic rings. The van der Waals surface area contributed by atoms with Crippen LogP contribution in [0.25, 0.3) is 0 Å². The third-order valence-corrected chi connectivity index (χ3v) is 3.32. The lowest BCUT2D eigenvalue weighted by molar-refractivity contribution is -0.156. The largest absolute Gasteiger partial charge is 0.460 e. The molecule has 124 valence electrons. The first-order valence-electron chi connectivity index (χ1n) is 8.09. The smallest absolute Gasteiger partial charge is 0.306 e. The molecule has 0 amide bonds. The molecule has 0 aliphatic heterocycles. The van der Waals surface area contributed by atoms with Crippen molar-refractivity contribution in [2.45, 2.75) is 97.7 Å². The Morgan fingerprint density at radius 1 is 1.00 bits per heavy atom. The first-order chi connectivity index (χ1) is 9.56. The predicted octanol–water partition coefficient (Wildman–Crippen LogP) is 3.72. The van der Waals surface area contributed by atoms with Gasteiger partial charge in [-0.2, -0.15) is 0 Å². The Balaban J connectivity index is 2.55. The van der Waals surface area contributed by atoms with Crippen LogP contribution in [0.15, 0.2) is 0 Å². The lowest BCUT2D eigenvalue weighted by Crippen LogP contribution is -2.30. The van der Waals surface area contributed by atoms with Crippen LogP contribution in [-0.2, 0) is 19.0 Å². The van der Waals surface area contributed by atoms with Gasteiger partial charge in [0.05, 0.1) is 24.4 Å². The van der Waals surface area contributed by atoms with Crippen molar-refractivity contribution in [2.75, 3.05) is 0 Å². The van der Waals surface area contributed by atoms with Crippen LogP contribution in [0.4, 0.5) is 0 Å². The Morgan fingerprint density at radius 2 is 1.43 bits per heavy atom. The van der Waals surface area contributed by atoms with E-state index in [1.165, 1.54) is 0 Å². The van der Waals surface area contributed by atoms with Crippen LogP contribution < -0.4 is 0 Å². The van der Waals surface area contributed by atoms with E-state index in [0.717, 1.165) is 12.8 Å². The van der Waals surface area contributed by atoms with Gasteiger partial charge in [0.1, 0.15) is 5.60 Å². The molecule has 1 unspecified atom stereocenters. The van der Waals surface area contributed by atoms with Gasteiger partial charge in [0.15, 0.2) is 0 Å². The molecular formula is C17H32O4. The van der Waals surface area contributed by atoms with Crippen molar-refractivity contribution in [2.24, 2.45) is 5.92 Å². The number of ether oxygens (including phenoxy) is 3. The fraction of sp³-hybridized carbons (Fsp3) is 0.941. The first-order valence-corrected chi connectivity index (χ1v) is 8.09. The van der Waals surface area contributed by atoms with Gasteiger partial charge in [-0.3, -0.25) is 4.79 Å². The molecular weight excluding hydrogens is 268 g/mol. The monoisotopic (exact) mass is 300 g/mol. The molecule has 0 saturated heterocycles. The molecule has 1 fully saturated rings. The van der Waals surface area contributed by atoms with Crippen LogP contribution in [0.1, 0.15) is 67.7 Å². The van der Waals surface area contributed by atoms with Crippen LogP contribution in [0.5, 0.6) is 0 Å². The summed E-state index contributed by atoms with van der Waals surface area (Å²) >= 11 is 0. The summed E-state index contributed by atoms with van der Waals surface area (Å²) in [6, 6.07) is 0. The number of carbonyl (C=O) groups is 1. The number of hydrogen-bond donors (Lipinski definition) is 0. The summed E-state index contributed by atoms with van der Waals surface area (Å²) in [6.45, 7) is 13.8. The molecule has 0 spiro atoms.